The highest BCUT2D eigenvalue weighted by Gasteiger charge is 2.20. The van der Waals surface area contributed by atoms with Gasteiger partial charge in [0.1, 0.15) is 0 Å². The van der Waals surface area contributed by atoms with Crippen LogP contribution >= 0.6 is 11.8 Å². The molecule has 0 aromatic heterocycles. The smallest absolute Gasteiger partial charge is 0.151 e. The van der Waals surface area contributed by atoms with Gasteiger partial charge in [-0.3, -0.25) is 9.69 Å². The molecule has 1 aromatic carbocycles. The first-order valence-corrected chi connectivity index (χ1v) is 7.28. The molecule has 0 amide bonds. The van der Waals surface area contributed by atoms with Crippen molar-refractivity contribution in [2.45, 2.75) is 19.4 Å². The zero-order valence-corrected chi connectivity index (χ0v) is 11.1. The fourth-order valence-electron chi connectivity index (χ4n) is 2.10. The molecule has 1 saturated heterocycles. The highest BCUT2D eigenvalue weighted by atomic mass is 32.2. The molecule has 0 N–H and O–H groups in total. The lowest BCUT2D eigenvalue weighted by atomic mass is 10.1. The van der Waals surface area contributed by atoms with E-state index in [1.165, 1.54) is 0 Å². The normalized spacial score (nSPS) is 21.4. The third-order valence-corrected chi connectivity index (χ3v) is 4.32. The van der Waals surface area contributed by atoms with Crippen LogP contribution in [-0.4, -0.2) is 41.3 Å². The van der Waals surface area contributed by atoms with Crippen molar-refractivity contribution in [2.75, 3.05) is 24.6 Å². The van der Waals surface area contributed by atoms with Crippen LogP contribution in [0.4, 0.5) is 0 Å². The summed E-state index contributed by atoms with van der Waals surface area (Å²) in [7, 11) is 0. The van der Waals surface area contributed by atoms with Crippen LogP contribution in [0.5, 0.6) is 0 Å². The Kier molecular flexibility index (Phi) is 4.63. The summed E-state index contributed by atoms with van der Waals surface area (Å²) in [5.74, 6) is 2.64. The van der Waals surface area contributed by atoms with Crippen LogP contribution in [0, 0.1) is 0 Å². The minimum atomic E-state index is 0.329. The van der Waals surface area contributed by atoms with Crippen molar-refractivity contribution in [2.24, 2.45) is 0 Å². The van der Waals surface area contributed by atoms with Gasteiger partial charge in [0.05, 0.1) is 6.54 Å². The number of nitrogens with zero attached hydrogens (tertiary/aromatic N) is 1. The molecule has 0 radical (unpaired) electrons. The van der Waals surface area contributed by atoms with Crippen molar-refractivity contribution in [3.63, 3.8) is 0 Å². The molecule has 2 nitrogen and oxygen atoms in total. The lowest BCUT2D eigenvalue weighted by Gasteiger charge is -2.32. The van der Waals surface area contributed by atoms with E-state index in [0.717, 1.165) is 23.6 Å². The molecule has 0 bridgehead atoms. The van der Waals surface area contributed by atoms with E-state index in [1.54, 1.807) is 0 Å². The van der Waals surface area contributed by atoms with Gasteiger partial charge in [0.15, 0.2) is 5.78 Å². The highest BCUT2D eigenvalue weighted by Crippen LogP contribution is 2.15. The Morgan fingerprint density at radius 2 is 2.18 bits per heavy atom. The Balaban J connectivity index is 1.84. The van der Waals surface area contributed by atoms with Gasteiger partial charge in [-0.05, 0) is 12.5 Å². The van der Waals surface area contributed by atoms with E-state index in [4.69, 9.17) is 0 Å². The Hall–Kier alpha value is -0.800. The molecular weight excluding hydrogens is 230 g/mol. The number of rotatable bonds is 4. The van der Waals surface area contributed by atoms with Crippen molar-refractivity contribution < 1.29 is 4.79 Å². The van der Waals surface area contributed by atoms with Gasteiger partial charge in [-0.2, -0.15) is 11.8 Å². The van der Waals surface area contributed by atoms with Crippen molar-refractivity contribution in [1.82, 2.24) is 4.90 Å². The third kappa shape index (κ3) is 3.86. The SMILES string of the molecule is CC1CSCCN1CC(=O)Cc1ccccc1. The molecule has 1 aliphatic rings. The molecule has 92 valence electrons. The van der Waals surface area contributed by atoms with Crippen molar-refractivity contribution >= 4 is 17.5 Å². The Labute approximate surface area is 107 Å². The molecule has 1 atom stereocenters. The number of benzene rings is 1. The lowest BCUT2D eigenvalue weighted by molar-refractivity contribution is -0.119. The second-order valence-corrected chi connectivity index (χ2v) is 5.75. The first-order chi connectivity index (χ1) is 8.25. The minimum absolute atomic E-state index is 0.329. The summed E-state index contributed by atoms with van der Waals surface area (Å²) in [4.78, 5) is 14.3. The number of Topliss-reactive ketones (excluding diaryl/α,β-unsaturated/α-hetero) is 1. The highest BCUT2D eigenvalue weighted by molar-refractivity contribution is 7.99. The molecule has 1 aromatic rings. The minimum Gasteiger partial charge on any atom is -0.298 e. The predicted molar refractivity (Wildman–Crippen MR) is 73.5 cm³/mol. The Bertz CT molecular complexity index is 366. The molecule has 2 rings (SSSR count). The molecule has 17 heavy (non-hydrogen) atoms. The van der Waals surface area contributed by atoms with E-state index >= 15 is 0 Å². The maximum absolute atomic E-state index is 12.0. The van der Waals surface area contributed by atoms with E-state index in [0.29, 0.717) is 24.8 Å². The number of hydrogen-bond acceptors (Lipinski definition) is 3. The van der Waals surface area contributed by atoms with Crippen LogP contribution in [0.2, 0.25) is 0 Å². The van der Waals surface area contributed by atoms with Crippen molar-refractivity contribution in [1.29, 1.82) is 0 Å². The lowest BCUT2D eigenvalue weighted by Crippen LogP contribution is -2.43. The molecule has 1 aliphatic heterocycles. The van der Waals surface area contributed by atoms with Crippen LogP contribution in [0.1, 0.15) is 12.5 Å². The number of carbonyl (C=O) groups excluding carboxylic acids is 1. The van der Waals surface area contributed by atoms with Crippen molar-refractivity contribution in [3.05, 3.63) is 35.9 Å². The molecular formula is C14H19NOS. The average molecular weight is 249 g/mol. The predicted octanol–water partition coefficient (Wildman–Crippen LogP) is 2.24. The Morgan fingerprint density at radius 1 is 1.41 bits per heavy atom. The molecule has 0 aliphatic carbocycles. The molecule has 0 saturated carbocycles. The van der Waals surface area contributed by atoms with Crippen LogP contribution < -0.4 is 0 Å². The van der Waals surface area contributed by atoms with E-state index in [2.05, 4.69) is 11.8 Å². The van der Waals surface area contributed by atoms with Crippen LogP contribution in [0.25, 0.3) is 0 Å². The summed E-state index contributed by atoms with van der Waals surface area (Å²) in [5, 5.41) is 0. The molecule has 1 unspecified atom stereocenters. The maximum Gasteiger partial charge on any atom is 0.151 e. The van der Waals surface area contributed by atoms with E-state index < -0.39 is 0 Å². The van der Waals surface area contributed by atoms with E-state index in [-0.39, 0.29) is 0 Å². The summed E-state index contributed by atoms with van der Waals surface area (Å²) in [5.41, 5.74) is 1.12. The maximum atomic E-state index is 12.0. The first-order valence-electron chi connectivity index (χ1n) is 6.13. The van der Waals surface area contributed by atoms with E-state index in [1.807, 2.05) is 42.1 Å². The standard InChI is InChI=1S/C14H19NOS/c1-12-11-17-8-7-15(12)10-14(16)9-13-5-3-2-4-6-13/h2-6,12H,7-11H2,1H3. The second-order valence-electron chi connectivity index (χ2n) is 4.60. The van der Waals surface area contributed by atoms with Gasteiger partial charge in [-0.25, -0.2) is 0 Å². The quantitative estimate of drug-likeness (QED) is 0.816. The zero-order chi connectivity index (χ0) is 12.1. The van der Waals surface area contributed by atoms with Gasteiger partial charge >= 0.3 is 0 Å². The van der Waals surface area contributed by atoms with E-state index in [9.17, 15) is 4.79 Å². The first kappa shape index (κ1) is 12.7. The van der Waals surface area contributed by atoms with Gasteiger partial charge in [0.2, 0.25) is 0 Å². The topological polar surface area (TPSA) is 20.3 Å². The van der Waals surface area contributed by atoms with Gasteiger partial charge in [-0.15, -0.1) is 0 Å². The van der Waals surface area contributed by atoms with Crippen LogP contribution in [-0.2, 0) is 11.2 Å². The van der Waals surface area contributed by atoms with Gasteiger partial charge < -0.3 is 0 Å². The fourth-order valence-corrected chi connectivity index (χ4v) is 3.18. The van der Waals surface area contributed by atoms with Gasteiger partial charge in [0.25, 0.3) is 0 Å². The fraction of sp³-hybridized carbons (Fsp3) is 0.500. The van der Waals surface area contributed by atoms with Crippen molar-refractivity contribution in [3.8, 4) is 0 Å². The molecule has 3 heteroatoms. The average Bonchev–Trinajstić information content (AvgIpc) is 2.33. The number of hydrogen-bond donors (Lipinski definition) is 0. The second kappa shape index (κ2) is 6.22. The third-order valence-electron chi connectivity index (χ3n) is 3.13. The monoisotopic (exact) mass is 249 g/mol. The van der Waals surface area contributed by atoms with Gasteiger partial charge in [0, 0.05) is 30.5 Å². The molecule has 1 fully saturated rings. The molecule has 1 heterocycles. The van der Waals surface area contributed by atoms with Gasteiger partial charge in [-0.1, -0.05) is 30.3 Å². The number of carbonyl (C=O) groups is 1. The number of ketones is 1. The van der Waals surface area contributed by atoms with Crippen LogP contribution in [0.15, 0.2) is 30.3 Å². The summed E-state index contributed by atoms with van der Waals surface area (Å²) < 4.78 is 0. The Morgan fingerprint density at radius 3 is 2.88 bits per heavy atom. The summed E-state index contributed by atoms with van der Waals surface area (Å²) in [6.07, 6.45) is 0.567. The molecule has 0 spiro atoms. The van der Waals surface area contributed by atoms with Crippen LogP contribution in [0.3, 0.4) is 0 Å². The zero-order valence-electron chi connectivity index (χ0n) is 10.3. The largest absolute Gasteiger partial charge is 0.298 e. The summed E-state index contributed by atoms with van der Waals surface area (Å²) in [6.45, 7) is 3.87. The summed E-state index contributed by atoms with van der Waals surface area (Å²) in [6, 6.07) is 10.5. The number of thioether (sulfide) groups is 1. The summed E-state index contributed by atoms with van der Waals surface area (Å²) >= 11 is 1.98.